The molecule has 72 valence electrons. The third-order valence-corrected chi connectivity index (χ3v) is 1.24. The van der Waals surface area contributed by atoms with E-state index in [0.29, 0.717) is 6.54 Å². The van der Waals surface area contributed by atoms with Crippen LogP contribution in [0.1, 0.15) is 19.0 Å². The zero-order valence-electron chi connectivity index (χ0n) is 7.60. The van der Waals surface area contributed by atoms with E-state index in [0.717, 1.165) is 5.69 Å². The Kier molecular flexibility index (Phi) is 6.45. The summed E-state index contributed by atoms with van der Waals surface area (Å²) in [7, 11) is 0. The van der Waals surface area contributed by atoms with Gasteiger partial charge >= 0.3 is 5.97 Å². The molecule has 0 aliphatic heterocycles. The number of hydrogen-bond acceptors (Lipinski definition) is 3. The summed E-state index contributed by atoms with van der Waals surface area (Å²) in [5.41, 5.74) is 6.22. The lowest BCUT2D eigenvalue weighted by Crippen LogP contribution is -1.97. The maximum atomic E-state index is 9.37. The molecule has 0 spiro atoms. The Hall–Kier alpha value is -1.42. The van der Waals surface area contributed by atoms with Gasteiger partial charge in [0.25, 0.3) is 0 Å². The molecule has 4 nitrogen and oxygen atoms in total. The van der Waals surface area contributed by atoms with Crippen LogP contribution in [0.2, 0.25) is 0 Å². The van der Waals surface area contributed by atoms with Crippen molar-refractivity contribution in [1.29, 1.82) is 0 Å². The molecule has 1 rings (SSSR count). The van der Waals surface area contributed by atoms with Crippen molar-refractivity contribution in [3.8, 4) is 0 Å². The molecule has 0 amide bonds. The van der Waals surface area contributed by atoms with Crippen molar-refractivity contribution in [1.82, 2.24) is 4.98 Å². The number of carboxylic acids is 1. The van der Waals surface area contributed by atoms with E-state index in [1.54, 1.807) is 13.1 Å². The van der Waals surface area contributed by atoms with E-state index in [1.165, 1.54) is 0 Å². The number of pyridine rings is 1. The van der Waals surface area contributed by atoms with Gasteiger partial charge in [-0.3, -0.25) is 9.78 Å². The van der Waals surface area contributed by atoms with Crippen molar-refractivity contribution in [3.63, 3.8) is 0 Å². The number of carboxylic acid groups (broad SMARTS) is 1. The van der Waals surface area contributed by atoms with Crippen LogP contribution in [-0.4, -0.2) is 16.1 Å². The van der Waals surface area contributed by atoms with Crippen LogP contribution in [0.4, 0.5) is 0 Å². The lowest BCUT2D eigenvalue weighted by molar-refractivity contribution is -0.136. The minimum absolute atomic E-state index is 0.222. The summed E-state index contributed by atoms with van der Waals surface area (Å²) in [6.45, 7) is 2.13. The molecule has 4 heteroatoms. The van der Waals surface area contributed by atoms with Crippen molar-refractivity contribution < 1.29 is 9.90 Å². The molecule has 0 aliphatic carbocycles. The van der Waals surface area contributed by atoms with Gasteiger partial charge in [0.1, 0.15) is 0 Å². The highest BCUT2D eigenvalue weighted by Crippen LogP contribution is 1.88. The largest absolute Gasteiger partial charge is 0.481 e. The Balaban J connectivity index is 0.000000252. The zero-order valence-corrected chi connectivity index (χ0v) is 7.60. The van der Waals surface area contributed by atoms with Crippen molar-refractivity contribution in [2.24, 2.45) is 5.73 Å². The first-order valence-corrected chi connectivity index (χ1v) is 4.02. The van der Waals surface area contributed by atoms with Crippen LogP contribution in [0, 0.1) is 0 Å². The third-order valence-electron chi connectivity index (χ3n) is 1.24. The number of aliphatic carboxylic acids is 1. The van der Waals surface area contributed by atoms with E-state index in [4.69, 9.17) is 10.8 Å². The SMILES string of the molecule is CCC(=O)O.NCc1ccccn1. The van der Waals surface area contributed by atoms with Gasteiger partial charge < -0.3 is 10.8 Å². The van der Waals surface area contributed by atoms with E-state index in [-0.39, 0.29) is 6.42 Å². The highest BCUT2D eigenvalue weighted by Gasteiger charge is 1.82. The normalized spacial score (nSPS) is 8.46. The van der Waals surface area contributed by atoms with Gasteiger partial charge in [0.15, 0.2) is 0 Å². The maximum Gasteiger partial charge on any atom is 0.303 e. The van der Waals surface area contributed by atoms with E-state index in [9.17, 15) is 4.79 Å². The molecule has 1 aromatic heterocycles. The number of rotatable bonds is 2. The Labute approximate surface area is 77.4 Å². The van der Waals surface area contributed by atoms with Crippen molar-refractivity contribution in [2.75, 3.05) is 0 Å². The molecule has 0 atom stereocenters. The molecule has 0 fully saturated rings. The molecular formula is C9H14N2O2. The lowest BCUT2D eigenvalue weighted by Gasteiger charge is -1.89. The summed E-state index contributed by atoms with van der Waals surface area (Å²) in [6, 6.07) is 5.70. The minimum atomic E-state index is -0.745. The number of nitrogens with zero attached hydrogens (tertiary/aromatic N) is 1. The molecule has 0 bridgehead atoms. The van der Waals surface area contributed by atoms with Gasteiger partial charge in [-0.15, -0.1) is 0 Å². The molecule has 0 unspecified atom stereocenters. The zero-order chi connectivity index (χ0) is 10.1. The molecule has 1 aromatic rings. The Bertz CT molecular complexity index is 237. The van der Waals surface area contributed by atoms with Gasteiger partial charge in [-0.05, 0) is 12.1 Å². The Morgan fingerprint density at radius 1 is 1.62 bits per heavy atom. The van der Waals surface area contributed by atoms with Crippen LogP contribution in [-0.2, 0) is 11.3 Å². The monoisotopic (exact) mass is 182 g/mol. The van der Waals surface area contributed by atoms with Gasteiger partial charge in [0.2, 0.25) is 0 Å². The minimum Gasteiger partial charge on any atom is -0.481 e. The highest BCUT2D eigenvalue weighted by atomic mass is 16.4. The van der Waals surface area contributed by atoms with Gasteiger partial charge in [0, 0.05) is 19.2 Å². The van der Waals surface area contributed by atoms with Crippen molar-refractivity contribution >= 4 is 5.97 Å². The number of nitrogens with two attached hydrogens (primary N) is 1. The fraction of sp³-hybridized carbons (Fsp3) is 0.333. The second-order valence-electron chi connectivity index (χ2n) is 2.27. The fourth-order valence-electron chi connectivity index (χ4n) is 0.519. The predicted molar refractivity (Wildman–Crippen MR) is 50.1 cm³/mol. The van der Waals surface area contributed by atoms with E-state index >= 15 is 0 Å². The number of carbonyl (C=O) groups is 1. The average molecular weight is 182 g/mol. The Morgan fingerprint density at radius 3 is 2.46 bits per heavy atom. The Morgan fingerprint density at radius 2 is 2.23 bits per heavy atom. The fourth-order valence-corrected chi connectivity index (χ4v) is 0.519. The van der Waals surface area contributed by atoms with Crippen LogP contribution in [0.25, 0.3) is 0 Å². The molecule has 0 aliphatic rings. The first-order valence-electron chi connectivity index (χ1n) is 4.02. The molecule has 0 saturated heterocycles. The molecule has 0 saturated carbocycles. The summed E-state index contributed by atoms with van der Waals surface area (Å²) in [5, 5.41) is 7.72. The quantitative estimate of drug-likeness (QED) is 0.716. The first-order chi connectivity index (χ1) is 6.20. The van der Waals surface area contributed by atoms with Crippen molar-refractivity contribution in [2.45, 2.75) is 19.9 Å². The lowest BCUT2D eigenvalue weighted by atomic mass is 10.4. The second-order valence-corrected chi connectivity index (χ2v) is 2.27. The summed E-state index contributed by atoms with van der Waals surface area (Å²) in [6.07, 6.45) is 1.96. The van der Waals surface area contributed by atoms with Gasteiger partial charge in [0.05, 0.1) is 5.69 Å². The van der Waals surface area contributed by atoms with Crippen LogP contribution >= 0.6 is 0 Å². The van der Waals surface area contributed by atoms with Crippen LogP contribution in [0.3, 0.4) is 0 Å². The maximum absolute atomic E-state index is 9.37. The first kappa shape index (κ1) is 11.6. The second kappa shape index (κ2) is 7.24. The standard InChI is InChI=1S/C6H8N2.C3H6O2/c7-5-6-3-1-2-4-8-6;1-2-3(4)5/h1-4H,5,7H2;2H2,1H3,(H,4,5). The summed E-state index contributed by atoms with van der Waals surface area (Å²) >= 11 is 0. The molecule has 13 heavy (non-hydrogen) atoms. The molecule has 0 aromatic carbocycles. The van der Waals surface area contributed by atoms with Crippen LogP contribution in [0.15, 0.2) is 24.4 Å². The highest BCUT2D eigenvalue weighted by molar-refractivity contribution is 5.66. The van der Waals surface area contributed by atoms with E-state index in [1.807, 2.05) is 18.2 Å². The van der Waals surface area contributed by atoms with Crippen LogP contribution < -0.4 is 5.73 Å². The summed E-state index contributed by atoms with van der Waals surface area (Å²) in [5.74, 6) is -0.745. The molecule has 0 radical (unpaired) electrons. The van der Waals surface area contributed by atoms with E-state index in [2.05, 4.69) is 4.98 Å². The summed E-state index contributed by atoms with van der Waals surface area (Å²) < 4.78 is 0. The predicted octanol–water partition coefficient (Wildman–Crippen LogP) is 1.02. The number of aromatic nitrogens is 1. The number of hydrogen-bond donors (Lipinski definition) is 2. The molecule has 1 heterocycles. The van der Waals surface area contributed by atoms with Gasteiger partial charge in [-0.2, -0.15) is 0 Å². The third kappa shape index (κ3) is 6.96. The van der Waals surface area contributed by atoms with Crippen LogP contribution in [0.5, 0.6) is 0 Å². The average Bonchev–Trinajstić information content (AvgIpc) is 2.20. The molecular weight excluding hydrogens is 168 g/mol. The van der Waals surface area contributed by atoms with Crippen molar-refractivity contribution in [3.05, 3.63) is 30.1 Å². The molecule has 3 N–H and O–H groups in total. The van der Waals surface area contributed by atoms with Gasteiger partial charge in [-0.1, -0.05) is 13.0 Å². The topological polar surface area (TPSA) is 76.2 Å². The van der Waals surface area contributed by atoms with E-state index < -0.39 is 5.97 Å². The smallest absolute Gasteiger partial charge is 0.303 e. The summed E-state index contributed by atoms with van der Waals surface area (Å²) in [4.78, 5) is 13.3. The van der Waals surface area contributed by atoms with Gasteiger partial charge in [-0.25, -0.2) is 0 Å².